The SMILES string of the molecule is CCOC(=O)[C@H]1ON=C(CN=[N+]=[N-])[C@@H]1c1ccc(OC)c(OC2CCCC2)c1. The van der Waals surface area contributed by atoms with Gasteiger partial charge in [0.05, 0.1) is 38.0 Å². The van der Waals surface area contributed by atoms with Crippen LogP contribution in [0, 0.1) is 0 Å². The Morgan fingerprint density at radius 1 is 1.36 bits per heavy atom. The molecule has 0 saturated heterocycles. The van der Waals surface area contributed by atoms with Gasteiger partial charge in [-0.15, -0.1) is 0 Å². The summed E-state index contributed by atoms with van der Waals surface area (Å²) in [6.07, 6.45) is 3.54. The highest BCUT2D eigenvalue weighted by molar-refractivity contribution is 5.98. The quantitative estimate of drug-likeness (QED) is 0.291. The Labute approximate surface area is 163 Å². The molecule has 0 spiro atoms. The molecule has 0 aromatic heterocycles. The summed E-state index contributed by atoms with van der Waals surface area (Å²) in [6.45, 7) is 1.96. The van der Waals surface area contributed by atoms with Crippen molar-refractivity contribution in [2.24, 2.45) is 10.3 Å². The number of methoxy groups -OCH3 is 1. The maximum Gasteiger partial charge on any atom is 0.351 e. The highest BCUT2D eigenvalue weighted by Crippen LogP contribution is 2.38. The number of oxime groups is 1. The lowest BCUT2D eigenvalue weighted by Gasteiger charge is -2.21. The van der Waals surface area contributed by atoms with E-state index in [1.165, 1.54) is 0 Å². The fourth-order valence-corrected chi connectivity index (χ4v) is 3.58. The molecular weight excluding hydrogens is 364 g/mol. The number of esters is 1. The van der Waals surface area contributed by atoms with Crippen LogP contribution in [0.15, 0.2) is 28.5 Å². The van der Waals surface area contributed by atoms with E-state index in [-0.39, 0.29) is 19.3 Å². The van der Waals surface area contributed by atoms with Gasteiger partial charge in [-0.2, -0.15) is 0 Å². The van der Waals surface area contributed by atoms with Crippen LogP contribution in [0.2, 0.25) is 0 Å². The van der Waals surface area contributed by atoms with E-state index >= 15 is 0 Å². The van der Waals surface area contributed by atoms with Crippen LogP contribution >= 0.6 is 0 Å². The van der Waals surface area contributed by atoms with Gasteiger partial charge in [-0.1, -0.05) is 16.3 Å². The van der Waals surface area contributed by atoms with Crippen molar-refractivity contribution >= 4 is 11.7 Å². The molecule has 1 aromatic rings. The van der Waals surface area contributed by atoms with Crippen LogP contribution in [-0.2, 0) is 14.4 Å². The molecule has 0 radical (unpaired) electrons. The summed E-state index contributed by atoms with van der Waals surface area (Å²) in [5.41, 5.74) is 9.87. The Balaban J connectivity index is 1.92. The highest BCUT2D eigenvalue weighted by atomic mass is 16.7. The van der Waals surface area contributed by atoms with E-state index in [0.717, 1.165) is 31.2 Å². The van der Waals surface area contributed by atoms with Crippen LogP contribution in [0.4, 0.5) is 0 Å². The summed E-state index contributed by atoms with van der Waals surface area (Å²) in [5, 5.41) is 7.54. The van der Waals surface area contributed by atoms with Crippen molar-refractivity contribution in [2.45, 2.75) is 50.7 Å². The molecule has 3 rings (SSSR count). The van der Waals surface area contributed by atoms with Gasteiger partial charge in [0.25, 0.3) is 0 Å². The topological polar surface area (TPSA) is 115 Å². The summed E-state index contributed by atoms with van der Waals surface area (Å²) in [4.78, 5) is 20.5. The molecule has 1 heterocycles. The Morgan fingerprint density at radius 3 is 2.82 bits per heavy atom. The Kier molecular flexibility index (Phi) is 6.60. The maximum atomic E-state index is 12.4. The van der Waals surface area contributed by atoms with Gasteiger partial charge in [-0.3, -0.25) is 0 Å². The standard InChI is InChI=1S/C19H24N4O5/c1-3-26-19(24)18-17(14(22-28-18)11-21-23-20)12-8-9-15(25-2)16(10-12)27-13-6-4-5-7-13/h8-10,13,17-18H,3-7,11H2,1-2H3/t17-,18-/m0/s1. The van der Waals surface area contributed by atoms with E-state index in [4.69, 9.17) is 24.6 Å². The van der Waals surface area contributed by atoms with Crippen molar-refractivity contribution in [3.05, 3.63) is 34.2 Å². The molecule has 1 aliphatic carbocycles. The molecule has 1 aromatic carbocycles. The van der Waals surface area contributed by atoms with E-state index in [2.05, 4.69) is 15.2 Å². The van der Waals surface area contributed by atoms with Gasteiger partial charge in [-0.05, 0) is 55.8 Å². The first-order valence-electron chi connectivity index (χ1n) is 9.42. The first-order chi connectivity index (χ1) is 13.7. The van der Waals surface area contributed by atoms with Crippen molar-refractivity contribution in [3.63, 3.8) is 0 Å². The molecule has 2 atom stereocenters. The number of ether oxygens (including phenoxy) is 3. The van der Waals surface area contributed by atoms with Gasteiger partial charge in [0.15, 0.2) is 11.5 Å². The second-order valence-electron chi connectivity index (χ2n) is 6.66. The normalized spacial score (nSPS) is 21.4. The van der Waals surface area contributed by atoms with Crippen molar-refractivity contribution in [3.8, 4) is 11.5 Å². The first kappa shape index (κ1) is 19.8. The third kappa shape index (κ3) is 4.31. The summed E-state index contributed by atoms with van der Waals surface area (Å²) in [7, 11) is 1.59. The minimum absolute atomic E-state index is 0.00190. The molecular formula is C19H24N4O5. The molecule has 1 saturated carbocycles. The Morgan fingerprint density at radius 2 is 2.14 bits per heavy atom. The average Bonchev–Trinajstić information content (AvgIpc) is 3.36. The van der Waals surface area contributed by atoms with E-state index in [1.807, 2.05) is 12.1 Å². The van der Waals surface area contributed by atoms with E-state index < -0.39 is 18.0 Å². The van der Waals surface area contributed by atoms with E-state index in [0.29, 0.717) is 17.2 Å². The predicted molar refractivity (Wildman–Crippen MR) is 102 cm³/mol. The molecule has 0 bridgehead atoms. The van der Waals surface area contributed by atoms with Crippen LogP contribution < -0.4 is 9.47 Å². The number of carbonyl (C=O) groups excluding carboxylic acids is 1. The fraction of sp³-hybridized carbons (Fsp3) is 0.579. The fourth-order valence-electron chi connectivity index (χ4n) is 3.58. The molecule has 28 heavy (non-hydrogen) atoms. The lowest BCUT2D eigenvalue weighted by molar-refractivity contribution is -0.155. The van der Waals surface area contributed by atoms with Crippen molar-refractivity contribution < 1.29 is 23.8 Å². The molecule has 0 unspecified atom stereocenters. The Hall–Kier alpha value is -2.93. The third-order valence-corrected chi connectivity index (χ3v) is 4.90. The number of hydrogen-bond acceptors (Lipinski definition) is 7. The summed E-state index contributed by atoms with van der Waals surface area (Å²) in [5.74, 6) is 0.197. The van der Waals surface area contributed by atoms with Crippen molar-refractivity contribution in [1.82, 2.24) is 0 Å². The highest BCUT2D eigenvalue weighted by Gasteiger charge is 2.41. The first-order valence-corrected chi connectivity index (χ1v) is 9.42. The molecule has 2 aliphatic rings. The number of nitrogens with zero attached hydrogens (tertiary/aromatic N) is 4. The van der Waals surface area contributed by atoms with Crippen LogP contribution in [0.1, 0.15) is 44.1 Å². The molecule has 9 heteroatoms. The van der Waals surface area contributed by atoms with Crippen LogP contribution in [0.3, 0.4) is 0 Å². The average molecular weight is 388 g/mol. The van der Waals surface area contributed by atoms with Crippen LogP contribution in [0.5, 0.6) is 11.5 Å². The zero-order valence-corrected chi connectivity index (χ0v) is 16.0. The molecule has 1 fully saturated rings. The molecule has 9 nitrogen and oxygen atoms in total. The van der Waals surface area contributed by atoms with E-state index in [9.17, 15) is 4.79 Å². The number of hydrogen-bond donors (Lipinski definition) is 0. The third-order valence-electron chi connectivity index (χ3n) is 4.90. The van der Waals surface area contributed by atoms with E-state index in [1.54, 1.807) is 20.1 Å². The number of rotatable bonds is 8. The van der Waals surface area contributed by atoms with Gasteiger partial charge in [0.2, 0.25) is 6.10 Å². The van der Waals surface area contributed by atoms with Gasteiger partial charge in [-0.25, -0.2) is 4.79 Å². The van der Waals surface area contributed by atoms with Crippen LogP contribution in [0.25, 0.3) is 10.4 Å². The van der Waals surface area contributed by atoms with Gasteiger partial charge < -0.3 is 19.0 Å². The second-order valence-corrected chi connectivity index (χ2v) is 6.66. The summed E-state index contributed by atoms with van der Waals surface area (Å²) >= 11 is 0. The number of benzene rings is 1. The molecule has 0 N–H and O–H groups in total. The molecule has 150 valence electrons. The van der Waals surface area contributed by atoms with Gasteiger partial charge >= 0.3 is 5.97 Å². The zero-order chi connectivity index (χ0) is 19.9. The predicted octanol–water partition coefficient (Wildman–Crippen LogP) is 3.73. The minimum Gasteiger partial charge on any atom is -0.493 e. The maximum absolute atomic E-state index is 12.4. The molecule has 1 aliphatic heterocycles. The number of carbonyl (C=O) groups is 1. The van der Waals surface area contributed by atoms with Gasteiger partial charge in [0.1, 0.15) is 0 Å². The van der Waals surface area contributed by atoms with Crippen molar-refractivity contribution in [2.75, 3.05) is 20.3 Å². The monoisotopic (exact) mass is 388 g/mol. The van der Waals surface area contributed by atoms with Gasteiger partial charge in [0, 0.05) is 4.91 Å². The summed E-state index contributed by atoms with van der Waals surface area (Å²) in [6, 6.07) is 5.47. The lowest BCUT2D eigenvalue weighted by Crippen LogP contribution is -2.32. The summed E-state index contributed by atoms with van der Waals surface area (Å²) < 4.78 is 16.7. The zero-order valence-electron chi connectivity index (χ0n) is 16.0. The van der Waals surface area contributed by atoms with Crippen LogP contribution in [-0.4, -0.2) is 44.2 Å². The Bertz CT molecular complexity index is 785. The second kappa shape index (κ2) is 9.32. The largest absolute Gasteiger partial charge is 0.493 e. The minimum atomic E-state index is -0.934. The van der Waals surface area contributed by atoms with Crippen molar-refractivity contribution in [1.29, 1.82) is 0 Å². The smallest absolute Gasteiger partial charge is 0.351 e. The lowest BCUT2D eigenvalue weighted by atomic mass is 9.89. The molecule has 0 amide bonds. The number of azide groups is 1.